The van der Waals surface area contributed by atoms with Crippen LogP contribution < -0.4 is 11.1 Å². The Labute approximate surface area is 177 Å². The highest BCUT2D eigenvalue weighted by Crippen LogP contribution is 2.40. The van der Waals surface area contributed by atoms with Crippen molar-refractivity contribution in [3.8, 4) is 0 Å². The van der Waals surface area contributed by atoms with Crippen LogP contribution in [0.15, 0.2) is 53.4 Å². The van der Waals surface area contributed by atoms with Gasteiger partial charge in [-0.1, -0.05) is 35.9 Å². The van der Waals surface area contributed by atoms with Crippen LogP contribution in [0.3, 0.4) is 0 Å². The molecule has 4 rings (SSSR count). The van der Waals surface area contributed by atoms with E-state index in [-0.39, 0.29) is 27.9 Å². The van der Waals surface area contributed by atoms with Gasteiger partial charge in [0.25, 0.3) is 0 Å². The molecule has 7 nitrogen and oxygen atoms in total. The Morgan fingerprint density at radius 2 is 1.53 bits per heavy atom. The predicted octanol–water partition coefficient (Wildman–Crippen LogP) is 3.65. The number of hydrogen-bond acceptors (Lipinski definition) is 7. The van der Waals surface area contributed by atoms with Crippen molar-refractivity contribution in [2.45, 2.75) is 11.8 Å². The van der Waals surface area contributed by atoms with E-state index in [1.807, 2.05) is 0 Å². The topological polar surface area (TPSA) is 129 Å². The summed E-state index contributed by atoms with van der Waals surface area (Å²) in [5.41, 5.74) is 6.46. The second kappa shape index (κ2) is 6.94. The smallest absolute Gasteiger partial charge is 0.196 e. The van der Waals surface area contributed by atoms with Gasteiger partial charge >= 0.3 is 0 Å². The van der Waals surface area contributed by atoms with Gasteiger partial charge in [0.15, 0.2) is 11.6 Å². The number of nitrogens with two attached hydrogens (primary N) is 1. The fraction of sp³-hybridized carbons (Fsp3) is 0.0476. The minimum absolute atomic E-state index is 0.00750. The van der Waals surface area contributed by atoms with Crippen LogP contribution in [0.4, 0.5) is 17.1 Å². The fourth-order valence-electron chi connectivity index (χ4n) is 3.51. The van der Waals surface area contributed by atoms with Crippen LogP contribution in [0.1, 0.15) is 37.4 Å². The molecule has 0 unspecified atom stereocenters. The molecule has 0 fully saturated rings. The maximum atomic E-state index is 13.2. The first kappa shape index (κ1) is 20.1. The van der Waals surface area contributed by atoms with Crippen molar-refractivity contribution in [1.82, 2.24) is 0 Å². The maximum Gasteiger partial charge on any atom is 0.196 e. The zero-order valence-electron chi connectivity index (χ0n) is 15.5. The van der Waals surface area contributed by atoms with Gasteiger partial charge < -0.3 is 15.6 Å². The van der Waals surface area contributed by atoms with Crippen molar-refractivity contribution in [3.63, 3.8) is 0 Å². The van der Waals surface area contributed by atoms with E-state index in [2.05, 4.69) is 5.32 Å². The summed E-state index contributed by atoms with van der Waals surface area (Å²) >= 11 is 5.98. The highest BCUT2D eigenvalue weighted by Gasteiger charge is 2.35. The molecule has 3 N–H and O–H groups in total. The van der Waals surface area contributed by atoms with Crippen molar-refractivity contribution in [3.05, 3.63) is 81.4 Å². The molecule has 1 aliphatic carbocycles. The minimum atomic E-state index is -5.02. The van der Waals surface area contributed by atoms with Crippen molar-refractivity contribution >= 4 is 50.3 Å². The molecule has 0 atom stereocenters. The number of nitrogens with one attached hydrogen (secondary N) is 1. The van der Waals surface area contributed by atoms with Gasteiger partial charge in [-0.25, -0.2) is 8.42 Å². The Kier molecular flexibility index (Phi) is 4.65. The summed E-state index contributed by atoms with van der Waals surface area (Å²) < 4.78 is 35.4. The number of halogens is 1. The van der Waals surface area contributed by atoms with Gasteiger partial charge in [0.2, 0.25) is 0 Å². The molecular formula is C21H14ClN2O5S-. The van der Waals surface area contributed by atoms with Crippen molar-refractivity contribution in [1.29, 1.82) is 0 Å². The van der Waals surface area contributed by atoms with Gasteiger partial charge in [0, 0.05) is 21.8 Å². The molecule has 0 heterocycles. The molecule has 0 radical (unpaired) electrons. The number of benzene rings is 3. The van der Waals surface area contributed by atoms with E-state index in [4.69, 9.17) is 17.3 Å². The first-order valence-corrected chi connectivity index (χ1v) is 10.5. The number of rotatable bonds is 3. The summed E-state index contributed by atoms with van der Waals surface area (Å²) in [5.74, 6) is -1.13. The Bertz CT molecular complexity index is 1370. The molecule has 30 heavy (non-hydrogen) atoms. The third-order valence-electron chi connectivity index (χ3n) is 4.93. The molecule has 0 saturated heterocycles. The number of fused-ring (bicyclic) bond motifs is 2. The summed E-state index contributed by atoms with van der Waals surface area (Å²) in [6, 6.07) is 12.0. The lowest BCUT2D eigenvalue weighted by Gasteiger charge is -2.25. The van der Waals surface area contributed by atoms with Crippen LogP contribution >= 0.6 is 11.6 Å². The molecule has 1 aliphatic rings. The molecule has 0 saturated carbocycles. The standard InChI is InChI=1S/C21H15ClN2O5S/c1-10-8-11(22)6-7-14(10)24-15-9-16(30(27,28)29)19(23)18-17(15)20(25)12-4-2-3-5-13(12)21(18)26/h2-9,24H,23H2,1H3,(H,27,28,29)/p-1. The first-order chi connectivity index (χ1) is 14.1. The van der Waals surface area contributed by atoms with Crippen LogP contribution in [-0.2, 0) is 10.1 Å². The van der Waals surface area contributed by atoms with Gasteiger partial charge in [0.1, 0.15) is 10.1 Å². The molecule has 152 valence electrons. The van der Waals surface area contributed by atoms with E-state index in [9.17, 15) is 22.6 Å². The second-order valence-electron chi connectivity index (χ2n) is 6.83. The van der Waals surface area contributed by atoms with Crippen molar-refractivity contribution in [2.75, 3.05) is 11.1 Å². The number of carbonyl (C=O) groups is 2. The lowest BCUT2D eigenvalue weighted by molar-refractivity contribution is 0.0980. The zero-order valence-corrected chi connectivity index (χ0v) is 17.1. The Morgan fingerprint density at radius 1 is 0.933 bits per heavy atom. The summed E-state index contributed by atoms with van der Waals surface area (Å²) in [6.45, 7) is 1.76. The molecule has 0 amide bonds. The molecule has 3 aromatic carbocycles. The Morgan fingerprint density at radius 3 is 2.10 bits per heavy atom. The third kappa shape index (κ3) is 3.15. The molecule has 0 spiro atoms. The van der Waals surface area contributed by atoms with Gasteiger partial charge in [-0.15, -0.1) is 0 Å². The van der Waals surface area contributed by atoms with Crippen LogP contribution in [0.25, 0.3) is 0 Å². The molecule has 3 aromatic rings. The number of hydrogen-bond donors (Lipinski definition) is 2. The van der Waals surface area contributed by atoms with Crippen molar-refractivity contribution < 1.29 is 22.6 Å². The van der Waals surface area contributed by atoms with E-state index in [1.165, 1.54) is 12.1 Å². The molecular weight excluding hydrogens is 428 g/mol. The predicted molar refractivity (Wildman–Crippen MR) is 112 cm³/mol. The molecule has 9 heteroatoms. The second-order valence-corrected chi connectivity index (χ2v) is 8.61. The van der Waals surface area contributed by atoms with Gasteiger partial charge in [0.05, 0.1) is 27.4 Å². The molecule has 0 bridgehead atoms. The number of anilines is 3. The summed E-state index contributed by atoms with van der Waals surface area (Å²) in [5, 5.41) is 3.44. The van der Waals surface area contributed by atoms with Crippen LogP contribution in [0, 0.1) is 6.92 Å². The highest BCUT2D eigenvalue weighted by molar-refractivity contribution is 7.86. The number of aryl methyl sites for hydroxylation is 1. The normalized spacial score (nSPS) is 13.0. The van der Waals surface area contributed by atoms with Gasteiger partial charge in [-0.2, -0.15) is 0 Å². The van der Waals surface area contributed by atoms with E-state index < -0.39 is 32.3 Å². The molecule has 0 aliphatic heterocycles. The fourth-order valence-corrected chi connectivity index (χ4v) is 4.37. The van der Waals surface area contributed by atoms with Crippen molar-refractivity contribution in [2.24, 2.45) is 0 Å². The van der Waals surface area contributed by atoms with Crippen LogP contribution in [-0.4, -0.2) is 24.5 Å². The zero-order chi connectivity index (χ0) is 21.8. The van der Waals surface area contributed by atoms with E-state index in [0.717, 1.165) is 6.07 Å². The number of nitrogen functional groups attached to an aromatic ring is 1. The lowest BCUT2D eigenvalue weighted by atomic mass is 9.82. The first-order valence-electron chi connectivity index (χ1n) is 8.73. The van der Waals surface area contributed by atoms with Gasteiger partial charge in [-0.05, 0) is 36.8 Å². The summed E-state index contributed by atoms with van der Waals surface area (Å²) in [7, 11) is -5.02. The Balaban J connectivity index is 2.03. The number of ketones is 2. The van der Waals surface area contributed by atoms with Crippen LogP contribution in [0.2, 0.25) is 5.02 Å². The Hall–Kier alpha value is -3.20. The SMILES string of the molecule is Cc1cc(Cl)ccc1Nc1cc(S(=O)(=O)[O-])c(N)c2c1C(=O)c1ccccc1C2=O. The maximum absolute atomic E-state index is 13.2. The lowest BCUT2D eigenvalue weighted by Crippen LogP contribution is -2.25. The quantitative estimate of drug-likeness (QED) is 0.366. The molecule has 0 aromatic heterocycles. The van der Waals surface area contributed by atoms with E-state index in [0.29, 0.717) is 16.3 Å². The van der Waals surface area contributed by atoms with E-state index in [1.54, 1.807) is 37.3 Å². The van der Waals surface area contributed by atoms with Gasteiger partial charge in [-0.3, -0.25) is 9.59 Å². The average molecular weight is 442 g/mol. The number of carbonyl (C=O) groups excluding carboxylic acids is 2. The monoisotopic (exact) mass is 441 g/mol. The largest absolute Gasteiger partial charge is 0.744 e. The highest BCUT2D eigenvalue weighted by atomic mass is 35.5. The average Bonchev–Trinajstić information content (AvgIpc) is 2.68. The van der Waals surface area contributed by atoms with E-state index >= 15 is 0 Å². The summed E-state index contributed by atoms with van der Waals surface area (Å²) in [6.07, 6.45) is 0. The van der Waals surface area contributed by atoms with Crippen LogP contribution in [0.5, 0.6) is 0 Å². The minimum Gasteiger partial charge on any atom is -0.744 e. The third-order valence-corrected chi connectivity index (χ3v) is 6.04. The summed E-state index contributed by atoms with van der Waals surface area (Å²) in [4.78, 5) is 25.5.